The van der Waals surface area contributed by atoms with Crippen LogP contribution in [0.4, 0.5) is 15.9 Å². The van der Waals surface area contributed by atoms with E-state index < -0.39 is 12.1 Å². The van der Waals surface area contributed by atoms with Gasteiger partial charge in [-0.25, -0.2) is 9.37 Å². The summed E-state index contributed by atoms with van der Waals surface area (Å²) >= 11 is 0. The summed E-state index contributed by atoms with van der Waals surface area (Å²) < 4.78 is 13.0. The van der Waals surface area contributed by atoms with E-state index in [0.717, 1.165) is 28.3 Å². The number of fused-ring (bicyclic) bond motifs is 1. The van der Waals surface area contributed by atoms with Crippen molar-refractivity contribution in [2.75, 3.05) is 11.1 Å². The number of pyridine rings is 1. The topological polar surface area (TPSA) is 68.0 Å². The van der Waals surface area contributed by atoms with Gasteiger partial charge in [0, 0.05) is 17.3 Å². The molecule has 4 rings (SSSR count). The van der Waals surface area contributed by atoms with Crippen molar-refractivity contribution in [3.8, 4) is 11.1 Å². The normalized spacial score (nSPS) is 18.7. The van der Waals surface area contributed by atoms with E-state index in [-0.39, 0.29) is 5.91 Å². The number of nitrogens with one attached hydrogen (secondary N) is 1. The van der Waals surface area contributed by atoms with Crippen LogP contribution in [0, 0.1) is 5.92 Å². The Morgan fingerprint density at radius 3 is 2.81 bits per heavy atom. The highest BCUT2D eigenvalue weighted by atomic mass is 19.1. The van der Waals surface area contributed by atoms with Crippen molar-refractivity contribution in [3.63, 3.8) is 0 Å². The number of carbonyl (C=O) groups is 1. The first-order chi connectivity index (χ1) is 12.6. The van der Waals surface area contributed by atoms with Gasteiger partial charge in [0.05, 0.1) is 5.92 Å². The number of aromatic nitrogens is 1. The zero-order valence-electron chi connectivity index (χ0n) is 14.5. The summed E-state index contributed by atoms with van der Waals surface area (Å²) in [6, 6.07) is 14.0. The first-order valence-corrected chi connectivity index (χ1v) is 8.79. The molecule has 1 fully saturated rings. The molecule has 0 saturated heterocycles. The van der Waals surface area contributed by atoms with Crippen molar-refractivity contribution in [1.29, 1.82) is 0 Å². The lowest BCUT2D eigenvalue weighted by molar-refractivity contribution is -0.117. The van der Waals surface area contributed by atoms with E-state index >= 15 is 0 Å². The quantitative estimate of drug-likeness (QED) is 0.688. The molecule has 0 aliphatic heterocycles. The summed E-state index contributed by atoms with van der Waals surface area (Å²) in [6.45, 7) is 2.12. The number of nitrogen functional groups attached to an aromatic ring is 1. The zero-order valence-corrected chi connectivity index (χ0v) is 14.5. The van der Waals surface area contributed by atoms with Crippen LogP contribution in [0.25, 0.3) is 21.9 Å². The number of alkyl halides is 1. The van der Waals surface area contributed by atoms with E-state index in [0.29, 0.717) is 17.9 Å². The molecule has 1 heterocycles. The molecule has 0 radical (unpaired) electrons. The first kappa shape index (κ1) is 16.5. The SMILES string of the molecule is CCc1ccccc1-c1cc(N)c2cnc(NC(=O)[C@H]3C[C@@H]3F)cc2c1. The smallest absolute Gasteiger partial charge is 0.231 e. The predicted molar refractivity (Wildman–Crippen MR) is 103 cm³/mol. The number of nitrogens with zero attached hydrogens (tertiary/aromatic N) is 1. The molecule has 0 unspecified atom stereocenters. The van der Waals surface area contributed by atoms with Crippen molar-refractivity contribution in [1.82, 2.24) is 4.98 Å². The minimum Gasteiger partial charge on any atom is -0.398 e. The molecule has 3 aromatic rings. The highest BCUT2D eigenvalue weighted by Gasteiger charge is 2.43. The monoisotopic (exact) mass is 349 g/mol. The number of nitrogens with two attached hydrogens (primary N) is 1. The molecule has 0 spiro atoms. The molecule has 5 heteroatoms. The van der Waals surface area contributed by atoms with Crippen LogP contribution in [-0.4, -0.2) is 17.1 Å². The Morgan fingerprint density at radius 2 is 2.08 bits per heavy atom. The summed E-state index contributed by atoms with van der Waals surface area (Å²) in [7, 11) is 0. The van der Waals surface area contributed by atoms with Crippen LogP contribution in [0.5, 0.6) is 0 Å². The number of amides is 1. The molecule has 0 bridgehead atoms. The summed E-state index contributed by atoms with van der Waals surface area (Å²) in [6.07, 6.45) is 1.85. The average molecular weight is 349 g/mol. The third-order valence-corrected chi connectivity index (χ3v) is 4.88. The molecule has 1 amide bonds. The van der Waals surface area contributed by atoms with Crippen LogP contribution in [-0.2, 0) is 11.2 Å². The third kappa shape index (κ3) is 3.01. The van der Waals surface area contributed by atoms with Crippen LogP contribution in [0.15, 0.2) is 48.7 Å². The Morgan fingerprint density at radius 1 is 1.31 bits per heavy atom. The maximum atomic E-state index is 13.0. The minimum absolute atomic E-state index is 0.296. The van der Waals surface area contributed by atoms with Crippen molar-refractivity contribution in [2.24, 2.45) is 5.92 Å². The molecule has 2 aromatic carbocycles. The Kier molecular flexibility index (Phi) is 4.07. The van der Waals surface area contributed by atoms with Crippen molar-refractivity contribution < 1.29 is 9.18 Å². The second-order valence-corrected chi connectivity index (χ2v) is 6.71. The van der Waals surface area contributed by atoms with Crippen LogP contribution < -0.4 is 11.1 Å². The van der Waals surface area contributed by atoms with Crippen LogP contribution >= 0.6 is 0 Å². The van der Waals surface area contributed by atoms with Gasteiger partial charge in [0.25, 0.3) is 0 Å². The van der Waals surface area contributed by atoms with Gasteiger partial charge in [0.2, 0.25) is 5.91 Å². The lowest BCUT2D eigenvalue weighted by atomic mass is 9.95. The Hall–Kier alpha value is -2.95. The maximum Gasteiger partial charge on any atom is 0.231 e. The number of halogens is 1. The second kappa shape index (κ2) is 6.41. The van der Waals surface area contributed by atoms with E-state index in [9.17, 15) is 9.18 Å². The number of hydrogen-bond acceptors (Lipinski definition) is 3. The molecular weight excluding hydrogens is 329 g/mol. The van der Waals surface area contributed by atoms with Gasteiger partial charge in [0.1, 0.15) is 12.0 Å². The molecule has 132 valence electrons. The Balaban J connectivity index is 1.73. The second-order valence-electron chi connectivity index (χ2n) is 6.71. The summed E-state index contributed by atoms with van der Waals surface area (Å²) in [5.74, 6) is -0.438. The molecule has 1 saturated carbocycles. The largest absolute Gasteiger partial charge is 0.398 e. The van der Waals surface area contributed by atoms with Crippen LogP contribution in [0.2, 0.25) is 0 Å². The summed E-state index contributed by atoms with van der Waals surface area (Å²) in [5.41, 5.74) is 10.3. The van der Waals surface area contributed by atoms with Gasteiger partial charge >= 0.3 is 0 Å². The number of hydrogen-bond donors (Lipinski definition) is 2. The van der Waals surface area contributed by atoms with E-state index in [2.05, 4.69) is 29.4 Å². The van der Waals surface area contributed by atoms with Gasteiger partial charge in [-0.05, 0) is 53.1 Å². The highest BCUT2D eigenvalue weighted by Crippen LogP contribution is 2.35. The molecular formula is C21H20FN3O. The molecule has 3 N–H and O–H groups in total. The highest BCUT2D eigenvalue weighted by molar-refractivity contribution is 6.00. The fraction of sp³-hybridized carbons (Fsp3) is 0.238. The van der Waals surface area contributed by atoms with Crippen LogP contribution in [0.1, 0.15) is 18.9 Å². The molecule has 1 aliphatic rings. The molecule has 4 nitrogen and oxygen atoms in total. The summed E-state index contributed by atoms with van der Waals surface area (Å²) in [4.78, 5) is 16.2. The maximum absolute atomic E-state index is 13.0. The van der Waals surface area contributed by atoms with Crippen molar-refractivity contribution in [2.45, 2.75) is 25.9 Å². The Bertz CT molecular complexity index is 1000. The van der Waals surface area contributed by atoms with Gasteiger partial charge in [-0.1, -0.05) is 31.2 Å². The third-order valence-electron chi connectivity index (χ3n) is 4.88. The first-order valence-electron chi connectivity index (χ1n) is 8.79. The lowest BCUT2D eigenvalue weighted by Crippen LogP contribution is -2.15. The van der Waals surface area contributed by atoms with E-state index in [4.69, 9.17) is 5.73 Å². The fourth-order valence-electron chi connectivity index (χ4n) is 3.27. The number of anilines is 2. The molecule has 26 heavy (non-hydrogen) atoms. The predicted octanol–water partition coefficient (Wildman–Crippen LogP) is 4.34. The average Bonchev–Trinajstić information content (AvgIpc) is 3.38. The van der Waals surface area contributed by atoms with Crippen molar-refractivity contribution >= 4 is 28.2 Å². The zero-order chi connectivity index (χ0) is 18.3. The summed E-state index contributed by atoms with van der Waals surface area (Å²) in [5, 5.41) is 4.42. The van der Waals surface area contributed by atoms with Gasteiger partial charge in [0.15, 0.2) is 0 Å². The van der Waals surface area contributed by atoms with Gasteiger partial charge in [-0.3, -0.25) is 4.79 Å². The van der Waals surface area contributed by atoms with E-state index in [1.807, 2.05) is 24.3 Å². The van der Waals surface area contributed by atoms with Gasteiger partial charge < -0.3 is 11.1 Å². The number of benzene rings is 2. The molecule has 1 aliphatic carbocycles. The van der Waals surface area contributed by atoms with E-state index in [1.54, 1.807) is 12.3 Å². The standard InChI is InChI=1S/C21H20FN3O/c1-2-12-5-3-4-6-15(12)13-7-14-9-20(24-11-17(14)19(23)8-13)25-21(26)16-10-18(16)22/h3-9,11,16,18H,2,10,23H2,1H3,(H,24,25,26)/t16-,18-/m0/s1. The Labute approximate surface area is 151 Å². The van der Waals surface area contributed by atoms with Gasteiger partial charge in [-0.15, -0.1) is 0 Å². The van der Waals surface area contributed by atoms with Gasteiger partial charge in [-0.2, -0.15) is 0 Å². The van der Waals surface area contributed by atoms with Crippen LogP contribution in [0.3, 0.4) is 0 Å². The lowest BCUT2D eigenvalue weighted by Gasteiger charge is -2.12. The number of rotatable bonds is 4. The minimum atomic E-state index is -1.02. The van der Waals surface area contributed by atoms with Crippen molar-refractivity contribution in [3.05, 3.63) is 54.2 Å². The number of carbonyl (C=O) groups excluding carboxylic acids is 1. The van der Waals surface area contributed by atoms with E-state index in [1.165, 1.54) is 5.56 Å². The number of aryl methyl sites for hydroxylation is 1. The fourth-order valence-corrected chi connectivity index (χ4v) is 3.27. The molecule has 1 aromatic heterocycles. The molecule has 2 atom stereocenters.